The van der Waals surface area contributed by atoms with Crippen LogP contribution >= 0.6 is 0 Å². The molecular formula is C24H23N5O3. The summed E-state index contributed by atoms with van der Waals surface area (Å²) in [5, 5.41) is 15.3. The smallest absolute Gasteiger partial charge is 0.340 e. The Morgan fingerprint density at radius 3 is 2.50 bits per heavy atom. The van der Waals surface area contributed by atoms with Crippen LogP contribution in [0.1, 0.15) is 21.5 Å². The number of nitrogens with zero attached hydrogens (tertiary/aromatic N) is 3. The topological polar surface area (TPSA) is 115 Å². The van der Waals surface area contributed by atoms with Crippen molar-refractivity contribution in [3.63, 3.8) is 0 Å². The number of nitrogens with two attached hydrogens (primary N) is 1. The van der Waals surface area contributed by atoms with Crippen LogP contribution in [0.3, 0.4) is 0 Å². The third kappa shape index (κ3) is 3.74. The van der Waals surface area contributed by atoms with E-state index in [0.717, 1.165) is 16.7 Å². The number of fused-ring (bicyclic) bond motifs is 1. The standard InChI is InChI=1S/C24H23N5O3/c1-26-24-27-20-9-5-8-19(23(30)32-2)21(20)29(24)14-15-10-12-16(13-11-15)17-6-3-4-7-18(17)22(25)28-31/h3-13,31H,14H2,1-2H3,(H2,25,28)(H,26,27). The molecule has 0 aliphatic rings. The minimum Gasteiger partial charge on any atom is -0.465 e. The van der Waals surface area contributed by atoms with Gasteiger partial charge in [0, 0.05) is 12.6 Å². The molecule has 162 valence electrons. The summed E-state index contributed by atoms with van der Waals surface area (Å²) in [7, 11) is 3.16. The molecule has 8 nitrogen and oxygen atoms in total. The van der Waals surface area contributed by atoms with E-state index in [1.165, 1.54) is 7.11 Å². The van der Waals surface area contributed by atoms with E-state index >= 15 is 0 Å². The molecule has 0 saturated heterocycles. The number of benzene rings is 3. The van der Waals surface area contributed by atoms with Crippen LogP contribution in [0.4, 0.5) is 5.95 Å². The summed E-state index contributed by atoms with van der Waals surface area (Å²) in [6, 6.07) is 20.8. The number of ether oxygens (including phenoxy) is 1. The molecule has 0 aliphatic heterocycles. The van der Waals surface area contributed by atoms with Crippen LogP contribution in [-0.4, -0.2) is 40.7 Å². The van der Waals surface area contributed by atoms with Crippen molar-refractivity contribution in [2.24, 2.45) is 10.9 Å². The average molecular weight is 429 g/mol. The summed E-state index contributed by atoms with van der Waals surface area (Å²) in [6.45, 7) is 0.503. The maximum atomic E-state index is 12.3. The van der Waals surface area contributed by atoms with Gasteiger partial charge in [0.15, 0.2) is 5.84 Å². The highest BCUT2D eigenvalue weighted by Gasteiger charge is 2.18. The molecule has 0 atom stereocenters. The molecule has 0 amide bonds. The van der Waals surface area contributed by atoms with Crippen molar-refractivity contribution in [1.82, 2.24) is 9.55 Å². The summed E-state index contributed by atoms with van der Waals surface area (Å²) >= 11 is 0. The zero-order valence-electron chi connectivity index (χ0n) is 17.7. The fraction of sp³-hybridized carbons (Fsp3) is 0.125. The molecule has 0 fully saturated rings. The lowest BCUT2D eigenvalue weighted by Crippen LogP contribution is -2.14. The van der Waals surface area contributed by atoms with Gasteiger partial charge in [0.25, 0.3) is 0 Å². The molecule has 0 bridgehead atoms. The van der Waals surface area contributed by atoms with Gasteiger partial charge in [-0.15, -0.1) is 0 Å². The molecule has 32 heavy (non-hydrogen) atoms. The summed E-state index contributed by atoms with van der Waals surface area (Å²) in [4.78, 5) is 16.9. The second-order valence-corrected chi connectivity index (χ2v) is 7.16. The molecule has 4 rings (SSSR count). The Morgan fingerprint density at radius 1 is 1.09 bits per heavy atom. The maximum Gasteiger partial charge on any atom is 0.340 e. The Hall–Kier alpha value is -4.33. The first-order valence-corrected chi connectivity index (χ1v) is 9.99. The summed E-state index contributed by atoms with van der Waals surface area (Å²) in [5.41, 5.74) is 11.2. The maximum absolute atomic E-state index is 12.3. The first kappa shape index (κ1) is 20.9. The van der Waals surface area contributed by atoms with Crippen LogP contribution in [0.15, 0.2) is 71.9 Å². The van der Waals surface area contributed by atoms with Crippen LogP contribution in [0, 0.1) is 0 Å². The number of amidine groups is 1. The molecule has 8 heteroatoms. The van der Waals surface area contributed by atoms with Crippen molar-refractivity contribution in [3.05, 3.63) is 83.4 Å². The number of imidazole rings is 1. The van der Waals surface area contributed by atoms with Gasteiger partial charge in [-0.05, 0) is 28.8 Å². The number of anilines is 1. The molecule has 0 aliphatic carbocycles. The number of hydrogen-bond acceptors (Lipinski definition) is 6. The van der Waals surface area contributed by atoms with E-state index in [2.05, 4.69) is 15.5 Å². The number of nitrogens with one attached hydrogen (secondary N) is 1. The molecule has 0 radical (unpaired) electrons. The van der Waals surface area contributed by atoms with Crippen molar-refractivity contribution in [2.75, 3.05) is 19.5 Å². The minimum absolute atomic E-state index is 0.0589. The molecule has 1 heterocycles. The molecular weight excluding hydrogens is 406 g/mol. The van der Waals surface area contributed by atoms with E-state index in [1.807, 2.05) is 59.2 Å². The first-order chi connectivity index (χ1) is 15.6. The predicted octanol–water partition coefficient (Wildman–Crippen LogP) is 3.67. The normalized spacial score (nSPS) is 11.5. The highest BCUT2D eigenvalue weighted by Crippen LogP contribution is 2.27. The predicted molar refractivity (Wildman–Crippen MR) is 124 cm³/mol. The number of para-hydroxylation sites is 1. The van der Waals surface area contributed by atoms with Gasteiger partial charge in [-0.25, -0.2) is 9.78 Å². The van der Waals surface area contributed by atoms with Gasteiger partial charge in [-0.3, -0.25) is 0 Å². The van der Waals surface area contributed by atoms with Crippen LogP contribution in [0.25, 0.3) is 22.2 Å². The number of carbonyl (C=O) groups is 1. The van der Waals surface area contributed by atoms with Crippen molar-refractivity contribution in [2.45, 2.75) is 6.54 Å². The van der Waals surface area contributed by atoms with Gasteiger partial charge >= 0.3 is 5.97 Å². The number of esters is 1. The number of methoxy groups -OCH3 is 1. The molecule has 0 saturated carbocycles. The second kappa shape index (κ2) is 8.81. The van der Waals surface area contributed by atoms with Crippen LogP contribution < -0.4 is 11.1 Å². The second-order valence-electron chi connectivity index (χ2n) is 7.16. The Morgan fingerprint density at radius 2 is 1.81 bits per heavy atom. The van der Waals surface area contributed by atoms with Crippen molar-refractivity contribution in [3.8, 4) is 11.1 Å². The molecule has 4 N–H and O–H groups in total. The number of oxime groups is 1. The van der Waals surface area contributed by atoms with Gasteiger partial charge in [-0.2, -0.15) is 0 Å². The quantitative estimate of drug-likeness (QED) is 0.142. The van der Waals surface area contributed by atoms with E-state index in [0.29, 0.717) is 34.7 Å². The third-order valence-corrected chi connectivity index (χ3v) is 5.31. The number of hydrogen-bond donors (Lipinski definition) is 3. The highest BCUT2D eigenvalue weighted by atomic mass is 16.5. The lowest BCUT2D eigenvalue weighted by atomic mass is 9.98. The van der Waals surface area contributed by atoms with E-state index in [-0.39, 0.29) is 5.84 Å². The molecule has 3 aromatic carbocycles. The Bertz CT molecular complexity index is 1310. The monoisotopic (exact) mass is 429 g/mol. The van der Waals surface area contributed by atoms with Gasteiger partial charge in [0.05, 0.1) is 30.3 Å². The first-order valence-electron chi connectivity index (χ1n) is 9.99. The zero-order chi connectivity index (χ0) is 22.7. The Kier molecular flexibility index (Phi) is 5.76. The van der Waals surface area contributed by atoms with Crippen LogP contribution in [0.2, 0.25) is 0 Å². The minimum atomic E-state index is -0.408. The summed E-state index contributed by atoms with van der Waals surface area (Å²) < 4.78 is 6.92. The number of aromatic nitrogens is 2. The van der Waals surface area contributed by atoms with Gasteiger partial charge < -0.3 is 25.6 Å². The zero-order valence-corrected chi connectivity index (χ0v) is 17.7. The van der Waals surface area contributed by atoms with Crippen molar-refractivity contribution >= 4 is 28.8 Å². The van der Waals surface area contributed by atoms with Crippen molar-refractivity contribution in [1.29, 1.82) is 0 Å². The van der Waals surface area contributed by atoms with E-state index in [9.17, 15) is 4.79 Å². The summed E-state index contributed by atoms with van der Waals surface area (Å²) in [5.74, 6) is 0.302. The van der Waals surface area contributed by atoms with Crippen LogP contribution in [0.5, 0.6) is 0 Å². The SMILES string of the molecule is CNc1nc2cccc(C(=O)OC)c2n1Cc1ccc(-c2ccccc2/C(N)=N\O)cc1. The van der Waals surface area contributed by atoms with E-state index < -0.39 is 5.97 Å². The lowest BCUT2D eigenvalue weighted by Gasteiger charge is -2.12. The highest BCUT2D eigenvalue weighted by molar-refractivity contribution is 6.03. The largest absolute Gasteiger partial charge is 0.465 e. The van der Waals surface area contributed by atoms with Gasteiger partial charge in [0.1, 0.15) is 0 Å². The van der Waals surface area contributed by atoms with Crippen LogP contribution in [-0.2, 0) is 11.3 Å². The molecule has 0 spiro atoms. The lowest BCUT2D eigenvalue weighted by molar-refractivity contribution is 0.0602. The number of carbonyl (C=O) groups excluding carboxylic acids is 1. The summed E-state index contributed by atoms with van der Waals surface area (Å²) in [6.07, 6.45) is 0. The fourth-order valence-electron chi connectivity index (χ4n) is 3.79. The molecule has 0 unspecified atom stereocenters. The van der Waals surface area contributed by atoms with E-state index in [4.69, 9.17) is 15.7 Å². The molecule has 4 aromatic rings. The van der Waals surface area contributed by atoms with E-state index in [1.54, 1.807) is 19.2 Å². The Labute approximate surface area is 184 Å². The average Bonchev–Trinajstić information content (AvgIpc) is 3.21. The Balaban J connectivity index is 1.73. The number of rotatable bonds is 6. The van der Waals surface area contributed by atoms with Gasteiger partial charge in [-0.1, -0.05) is 59.8 Å². The fourth-order valence-corrected chi connectivity index (χ4v) is 3.79. The van der Waals surface area contributed by atoms with Crippen molar-refractivity contribution < 1.29 is 14.7 Å². The van der Waals surface area contributed by atoms with Gasteiger partial charge in [0.2, 0.25) is 5.95 Å². The molecule has 1 aromatic heterocycles. The third-order valence-electron chi connectivity index (χ3n) is 5.31.